The van der Waals surface area contributed by atoms with Gasteiger partial charge in [0.05, 0.1) is 0 Å². The van der Waals surface area contributed by atoms with E-state index in [9.17, 15) is 0 Å². The summed E-state index contributed by atoms with van der Waals surface area (Å²) in [4.78, 5) is 0. The predicted octanol–water partition coefficient (Wildman–Crippen LogP) is 7.75. The van der Waals surface area contributed by atoms with E-state index in [1.165, 1.54) is 40.0 Å². The van der Waals surface area contributed by atoms with Gasteiger partial charge in [0.15, 0.2) is 0 Å². The SMILES string of the molecule is CC1=C(C)C(C)(C)[C]([Zr]([Cl])([Cl])[C]2=C(C)C(C)=C(C)C2(C)C)=C1C. The van der Waals surface area contributed by atoms with Crippen LogP contribution in [0.25, 0.3) is 0 Å². The van der Waals surface area contributed by atoms with E-state index in [0.29, 0.717) is 0 Å². The molecule has 0 spiro atoms. The third-order valence-corrected chi connectivity index (χ3v) is 19.2. The molecule has 0 aromatic carbocycles. The molecule has 0 aromatic rings. The summed E-state index contributed by atoms with van der Waals surface area (Å²) in [6.07, 6.45) is 0. The van der Waals surface area contributed by atoms with Crippen LogP contribution in [0.3, 0.4) is 0 Å². The number of halogens is 2. The first-order chi connectivity index (χ1) is 10.2. The van der Waals surface area contributed by atoms with Gasteiger partial charge in [0.2, 0.25) is 0 Å². The summed E-state index contributed by atoms with van der Waals surface area (Å²) in [5.74, 6) is 0. The van der Waals surface area contributed by atoms with Crippen LogP contribution in [-0.2, 0) is 17.9 Å². The Balaban J connectivity index is 2.72. The van der Waals surface area contributed by atoms with Gasteiger partial charge in [-0.25, -0.2) is 0 Å². The molecule has 0 heterocycles. The molecule has 0 saturated heterocycles. The van der Waals surface area contributed by atoms with Crippen LogP contribution in [0.15, 0.2) is 40.0 Å². The van der Waals surface area contributed by atoms with Crippen molar-refractivity contribution in [2.45, 2.75) is 69.2 Å². The summed E-state index contributed by atoms with van der Waals surface area (Å²) >= 11 is -3.70. The molecule has 2 aliphatic carbocycles. The monoisotopic (exact) mass is 430 g/mol. The van der Waals surface area contributed by atoms with Gasteiger partial charge in [-0.2, -0.15) is 0 Å². The molecule has 0 N–H and O–H groups in total. The molecule has 0 fully saturated rings. The van der Waals surface area contributed by atoms with Gasteiger partial charge in [0.1, 0.15) is 0 Å². The molecule has 0 saturated carbocycles. The van der Waals surface area contributed by atoms with Crippen molar-refractivity contribution in [2.24, 2.45) is 10.8 Å². The second-order valence-electron chi connectivity index (χ2n) is 8.32. The summed E-state index contributed by atoms with van der Waals surface area (Å²) < 4.78 is 2.71. The van der Waals surface area contributed by atoms with Gasteiger partial charge < -0.3 is 0 Å². The van der Waals surface area contributed by atoms with Crippen LogP contribution in [-0.4, -0.2) is 0 Å². The second-order valence-corrected chi connectivity index (χ2v) is 21.5. The van der Waals surface area contributed by atoms with Crippen LogP contribution in [0, 0.1) is 10.8 Å². The second kappa shape index (κ2) is 5.72. The maximum absolute atomic E-state index is 7.38. The average Bonchev–Trinajstić information content (AvgIpc) is 2.66. The first-order valence-electron chi connectivity index (χ1n) is 8.38. The Labute approximate surface area is 154 Å². The van der Waals surface area contributed by atoms with Gasteiger partial charge in [-0.15, -0.1) is 0 Å². The molecule has 0 radical (unpaired) electrons. The molecular formula is C20H30Cl2Zr. The number of allylic oxidation sites excluding steroid dienone is 8. The van der Waals surface area contributed by atoms with Crippen molar-refractivity contribution in [3.63, 3.8) is 0 Å². The number of hydrogen-bond donors (Lipinski definition) is 0. The summed E-state index contributed by atoms with van der Waals surface area (Å²) in [6.45, 7) is 22.5. The molecule has 0 aliphatic heterocycles. The van der Waals surface area contributed by atoms with Gasteiger partial charge in [0.25, 0.3) is 0 Å². The Morgan fingerprint density at radius 1 is 0.565 bits per heavy atom. The molecule has 0 amide bonds. The molecule has 2 rings (SSSR count). The molecule has 3 heteroatoms. The molecule has 0 nitrogen and oxygen atoms in total. The van der Waals surface area contributed by atoms with Crippen LogP contribution < -0.4 is 0 Å². The Morgan fingerprint density at radius 3 is 1.00 bits per heavy atom. The fraction of sp³-hybridized carbons (Fsp3) is 0.600. The van der Waals surface area contributed by atoms with Crippen molar-refractivity contribution in [1.29, 1.82) is 0 Å². The normalized spacial score (nSPS) is 24.5. The van der Waals surface area contributed by atoms with Crippen LogP contribution in [0.4, 0.5) is 0 Å². The van der Waals surface area contributed by atoms with Gasteiger partial charge in [-0.3, -0.25) is 0 Å². The molecule has 0 bridgehead atoms. The molecule has 0 unspecified atom stereocenters. The van der Waals surface area contributed by atoms with Gasteiger partial charge in [-0.05, 0) is 0 Å². The van der Waals surface area contributed by atoms with E-state index in [4.69, 9.17) is 17.0 Å². The van der Waals surface area contributed by atoms with Crippen LogP contribution in [0.5, 0.6) is 0 Å². The summed E-state index contributed by atoms with van der Waals surface area (Å²) in [6, 6.07) is 0. The zero-order chi connectivity index (χ0) is 18.1. The fourth-order valence-corrected chi connectivity index (χ4v) is 22.1. The minimum absolute atomic E-state index is 0.0263. The fourth-order valence-electron chi connectivity index (χ4n) is 4.57. The van der Waals surface area contributed by atoms with Crippen molar-refractivity contribution in [2.75, 3.05) is 0 Å². The predicted molar refractivity (Wildman–Crippen MR) is 101 cm³/mol. The Bertz CT molecular complexity index is 650. The molecule has 128 valence electrons. The van der Waals surface area contributed by atoms with Crippen molar-refractivity contribution >= 4 is 17.0 Å². The van der Waals surface area contributed by atoms with Crippen molar-refractivity contribution in [3.05, 3.63) is 40.0 Å². The molecule has 0 aromatic heterocycles. The average molecular weight is 433 g/mol. The van der Waals surface area contributed by atoms with E-state index in [0.717, 1.165) is 0 Å². The summed E-state index contributed by atoms with van der Waals surface area (Å²) in [5.41, 5.74) is 8.22. The van der Waals surface area contributed by atoms with Crippen molar-refractivity contribution in [1.82, 2.24) is 0 Å². The standard InChI is InChI=1S/2C10H15.2ClH.Zr/c2*1-7-6-10(4,5)9(3)8(7)2;;;/h2*1-5H3;2*1H;/q;;;;+2/p-2. The van der Waals surface area contributed by atoms with E-state index >= 15 is 0 Å². The molecule has 2 aliphatic rings. The van der Waals surface area contributed by atoms with E-state index in [1.807, 2.05) is 0 Å². The van der Waals surface area contributed by atoms with Gasteiger partial charge >= 0.3 is 155 Å². The number of rotatable bonds is 2. The topological polar surface area (TPSA) is 0 Å². The van der Waals surface area contributed by atoms with Crippen LogP contribution >= 0.6 is 17.0 Å². The quantitative estimate of drug-likeness (QED) is 0.418. The van der Waals surface area contributed by atoms with Crippen molar-refractivity contribution in [3.8, 4) is 0 Å². The molecule has 23 heavy (non-hydrogen) atoms. The third kappa shape index (κ3) is 2.56. The van der Waals surface area contributed by atoms with Gasteiger partial charge in [-0.1, -0.05) is 0 Å². The number of hydrogen-bond acceptors (Lipinski definition) is 0. The Hall–Kier alpha value is 0.423. The Kier molecular flexibility index (Phi) is 4.91. The zero-order valence-electron chi connectivity index (χ0n) is 16.3. The summed E-state index contributed by atoms with van der Waals surface area (Å²) in [7, 11) is 14.8. The van der Waals surface area contributed by atoms with Gasteiger partial charge in [0, 0.05) is 0 Å². The van der Waals surface area contributed by atoms with Crippen LogP contribution in [0.1, 0.15) is 69.2 Å². The Morgan fingerprint density at radius 2 is 0.826 bits per heavy atom. The minimum atomic E-state index is -3.70. The first kappa shape index (κ1) is 19.7. The van der Waals surface area contributed by atoms with E-state index in [2.05, 4.69) is 69.2 Å². The molecule has 0 atom stereocenters. The van der Waals surface area contributed by atoms with E-state index in [-0.39, 0.29) is 10.8 Å². The first-order valence-corrected chi connectivity index (χ1v) is 17.2. The van der Waals surface area contributed by atoms with Crippen LogP contribution in [0.2, 0.25) is 0 Å². The third-order valence-electron chi connectivity index (χ3n) is 6.75. The van der Waals surface area contributed by atoms with E-state index in [1.54, 1.807) is 0 Å². The molecular weight excluding hydrogens is 402 g/mol. The summed E-state index contributed by atoms with van der Waals surface area (Å²) in [5, 5.41) is 0. The van der Waals surface area contributed by atoms with Crippen molar-refractivity contribution < 1.29 is 17.9 Å². The van der Waals surface area contributed by atoms with E-state index < -0.39 is 17.9 Å². The maximum atomic E-state index is 7.38. The zero-order valence-corrected chi connectivity index (χ0v) is 20.2.